The quantitative estimate of drug-likeness (QED) is 0.0222. The number of phosphoric ester groups is 2. The van der Waals surface area contributed by atoms with Gasteiger partial charge in [0.05, 0.1) is 26.4 Å². The van der Waals surface area contributed by atoms with Crippen LogP contribution in [0, 0.1) is 5.92 Å². The van der Waals surface area contributed by atoms with Gasteiger partial charge < -0.3 is 33.8 Å². The monoisotopic (exact) mass is 1550 g/mol. The molecule has 0 amide bonds. The molecule has 0 aromatic carbocycles. The van der Waals surface area contributed by atoms with Gasteiger partial charge in [-0.3, -0.25) is 37.3 Å². The number of carbonyl (C=O) groups is 4. The van der Waals surface area contributed by atoms with E-state index in [0.717, 1.165) is 96.3 Å². The summed E-state index contributed by atoms with van der Waals surface area (Å²) in [6.07, 6.45) is 73.9. The Kier molecular flexibility index (Phi) is 78.2. The van der Waals surface area contributed by atoms with Gasteiger partial charge in [-0.15, -0.1) is 0 Å². The molecule has 5 atom stereocenters. The molecule has 3 N–H and O–H groups in total. The van der Waals surface area contributed by atoms with E-state index >= 15 is 0 Å². The molecule has 0 aliphatic heterocycles. The molecule has 630 valence electrons. The Balaban J connectivity index is 5.20. The van der Waals surface area contributed by atoms with Gasteiger partial charge >= 0.3 is 39.5 Å². The topological polar surface area (TPSA) is 237 Å². The Morgan fingerprint density at radius 1 is 0.255 bits per heavy atom. The normalized spacial score (nSPS) is 13.7. The van der Waals surface area contributed by atoms with Crippen LogP contribution in [-0.2, 0) is 65.4 Å². The molecule has 0 spiro atoms. The molecule has 0 saturated heterocycles. The number of ether oxygens (including phenoxy) is 4. The molecule has 0 aromatic rings. The van der Waals surface area contributed by atoms with Crippen molar-refractivity contribution in [1.82, 2.24) is 0 Å². The van der Waals surface area contributed by atoms with Gasteiger partial charge in [0.2, 0.25) is 0 Å². The van der Waals surface area contributed by atoms with Crippen LogP contribution in [0.4, 0.5) is 0 Å². The fourth-order valence-electron chi connectivity index (χ4n) is 13.6. The summed E-state index contributed by atoms with van der Waals surface area (Å²) in [5, 5.41) is 10.7. The van der Waals surface area contributed by atoms with E-state index in [1.165, 1.54) is 289 Å². The number of aliphatic hydroxyl groups is 1. The summed E-state index contributed by atoms with van der Waals surface area (Å²) in [5.74, 6) is -1.40. The minimum absolute atomic E-state index is 0.108. The number of unbranched alkanes of at least 4 members (excludes halogenated alkanes) is 59. The van der Waals surface area contributed by atoms with Crippen LogP contribution in [-0.4, -0.2) is 96.7 Å². The second-order valence-corrected chi connectivity index (χ2v) is 34.7. The highest BCUT2D eigenvalue weighted by molar-refractivity contribution is 7.47. The fraction of sp³-hybridized carbons (Fsp3) is 0.954. The van der Waals surface area contributed by atoms with E-state index in [1.54, 1.807) is 0 Å². The number of esters is 4. The van der Waals surface area contributed by atoms with Crippen molar-refractivity contribution in [2.24, 2.45) is 5.92 Å². The lowest BCUT2D eigenvalue weighted by Gasteiger charge is -2.21. The number of carbonyl (C=O) groups excluding carboxylic acids is 4. The third-order valence-corrected chi connectivity index (χ3v) is 22.4. The molecule has 0 aliphatic carbocycles. The standard InChI is InChI=1S/C87H170O17P2/c1-6-9-12-15-18-21-24-27-30-32-34-36-37-39-41-43-46-49-52-57-63-68-73-86(91)103-82(76-97-84(89)70-65-60-55-50-47-45-42-40-38-35-33-31-28-25-22-19-16-13-10-7-2)78-101-105(93,94)99-74-81(88)75-100-106(95,96)102-79-83(77-98-85(90)71-66-61-58-53-54-59-64-69-80(4)5)104-87(92)72-67-62-56-51-48-44-29-26-23-20-17-14-11-8-3/h80-83,88H,6-79H2,1-5H3,(H,93,94)(H,95,96)/t81-,82-,83-/m1/s1. The highest BCUT2D eigenvalue weighted by Gasteiger charge is 2.30. The van der Waals surface area contributed by atoms with Crippen LogP contribution in [0.1, 0.15) is 471 Å². The van der Waals surface area contributed by atoms with E-state index < -0.39 is 97.5 Å². The van der Waals surface area contributed by atoms with Gasteiger partial charge in [0, 0.05) is 25.7 Å². The Labute approximate surface area is 651 Å². The van der Waals surface area contributed by atoms with Crippen molar-refractivity contribution in [3.05, 3.63) is 0 Å². The highest BCUT2D eigenvalue weighted by atomic mass is 31.2. The van der Waals surface area contributed by atoms with Crippen LogP contribution in [0.5, 0.6) is 0 Å². The molecule has 0 aliphatic rings. The van der Waals surface area contributed by atoms with Gasteiger partial charge in [0.1, 0.15) is 19.3 Å². The van der Waals surface area contributed by atoms with Crippen LogP contribution < -0.4 is 0 Å². The predicted octanol–water partition coefficient (Wildman–Crippen LogP) is 26.8. The number of phosphoric acid groups is 2. The minimum atomic E-state index is -4.97. The summed E-state index contributed by atoms with van der Waals surface area (Å²) < 4.78 is 68.9. The molecule has 0 rings (SSSR count). The van der Waals surface area contributed by atoms with Crippen molar-refractivity contribution in [2.75, 3.05) is 39.6 Å². The third-order valence-electron chi connectivity index (χ3n) is 20.5. The van der Waals surface area contributed by atoms with Crippen molar-refractivity contribution in [3.8, 4) is 0 Å². The number of rotatable bonds is 87. The van der Waals surface area contributed by atoms with E-state index in [-0.39, 0.29) is 25.7 Å². The summed E-state index contributed by atoms with van der Waals surface area (Å²) in [7, 11) is -9.93. The second kappa shape index (κ2) is 79.7. The number of aliphatic hydroxyl groups excluding tert-OH is 1. The maximum atomic E-state index is 13.2. The molecule has 0 fully saturated rings. The molecule has 0 saturated carbocycles. The van der Waals surface area contributed by atoms with Gasteiger partial charge in [0.25, 0.3) is 0 Å². The zero-order valence-corrected chi connectivity index (χ0v) is 71.4. The molecule has 2 unspecified atom stereocenters. The maximum absolute atomic E-state index is 13.2. The van der Waals surface area contributed by atoms with Crippen molar-refractivity contribution in [3.63, 3.8) is 0 Å². The lowest BCUT2D eigenvalue weighted by molar-refractivity contribution is -0.161. The summed E-state index contributed by atoms with van der Waals surface area (Å²) in [6.45, 7) is 7.31. The van der Waals surface area contributed by atoms with Crippen molar-refractivity contribution in [1.29, 1.82) is 0 Å². The highest BCUT2D eigenvalue weighted by Crippen LogP contribution is 2.45. The average molecular weight is 1550 g/mol. The third kappa shape index (κ3) is 80.1. The Morgan fingerprint density at radius 3 is 0.642 bits per heavy atom. The van der Waals surface area contributed by atoms with Crippen molar-refractivity contribution >= 4 is 39.5 Å². The zero-order chi connectivity index (χ0) is 77.6. The second-order valence-electron chi connectivity index (χ2n) is 31.8. The largest absolute Gasteiger partial charge is 0.472 e. The average Bonchev–Trinajstić information content (AvgIpc) is 0.902. The minimum Gasteiger partial charge on any atom is -0.462 e. The lowest BCUT2D eigenvalue weighted by Crippen LogP contribution is -2.30. The molecule has 0 bridgehead atoms. The van der Waals surface area contributed by atoms with Gasteiger partial charge in [-0.25, -0.2) is 9.13 Å². The van der Waals surface area contributed by atoms with Crippen molar-refractivity contribution in [2.45, 2.75) is 490 Å². The first-order valence-electron chi connectivity index (χ1n) is 45.1. The summed E-state index contributed by atoms with van der Waals surface area (Å²) in [5.41, 5.74) is 0. The predicted molar refractivity (Wildman–Crippen MR) is 437 cm³/mol. The summed E-state index contributed by atoms with van der Waals surface area (Å²) in [4.78, 5) is 73.2. The van der Waals surface area contributed by atoms with E-state index in [9.17, 15) is 43.2 Å². The molecular formula is C87H170O17P2. The molecule has 106 heavy (non-hydrogen) atoms. The Bertz CT molecular complexity index is 2010. The van der Waals surface area contributed by atoms with Crippen LogP contribution in [0.2, 0.25) is 0 Å². The molecular weight excluding hydrogens is 1380 g/mol. The summed E-state index contributed by atoms with van der Waals surface area (Å²) >= 11 is 0. The van der Waals surface area contributed by atoms with E-state index in [2.05, 4.69) is 34.6 Å². The molecule has 0 radical (unpaired) electrons. The van der Waals surface area contributed by atoms with Crippen LogP contribution in [0.15, 0.2) is 0 Å². The van der Waals surface area contributed by atoms with Crippen molar-refractivity contribution < 1.29 is 80.2 Å². The molecule has 19 heteroatoms. The molecule has 17 nitrogen and oxygen atoms in total. The van der Waals surface area contributed by atoms with E-state index in [4.69, 9.17) is 37.0 Å². The smallest absolute Gasteiger partial charge is 0.462 e. The number of hydrogen-bond acceptors (Lipinski definition) is 15. The molecule has 0 heterocycles. The van der Waals surface area contributed by atoms with E-state index in [1.807, 2.05) is 0 Å². The van der Waals surface area contributed by atoms with Gasteiger partial charge in [-0.1, -0.05) is 420 Å². The lowest BCUT2D eigenvalue weighted by atomic mass is 10.0. The molecule has 0 aromatic heterocycles. The zero-order valence-electron chi connectivity index (χ0n) is 69.6. The SMILES string of the molecule is CCCCCCCCCCCCCCCCCCCCCCCCC(=O)O[C@H](COC(=O)CCCCCCCCCCCCCCCCCCCCCC)COP(=O)(O)OC[C@@H](O)COP(=O)(O)OC[C@@H](COC(=O)CCCCCCCCCC(C)C)OC(=O)CCCCCCCCCCCCCCCC. The first-order chi connectivity index (χ1) is 51.5. The fourth-order valence-corrected chi connectivity index (χ4v) is 15.2. The first-order valence-corrected chi connectivity index (χ1v) is 48.1. The summed E-state index contributed by atoms with van der Waals surface area (Å²) in [6, 6.07) is 0. The van der Waals surface area contributed by atoms with E-state index in [0.29, 0.717) is 31.6 Å². The first kappa shape index (κ1) is 104. The van der Waals surface area contributed by atoms with Gasteiger partial charge in [0.15, 0.2) is 12.2 Å². The van der Waals surface area contributed by atoms with Crippen LogP contribution in [0.3, 0.4) is 0 Å². The van der Waals surface area contributed by atoms with Crippen LogP contribution >= 0.6 is 15.6 Å². The Morgan fingerprint density at radius 2 is 0.434 bits per heavy atom. The van der Waals surface area contributed by atoms with Gasteiger partial charge in [-0.05, 0) is 31.6 Å². The van der Waals surface area contributed by atoms with Crippen LogP contribution in [0.25, 0.3) is 0 Å². The Hall–Kier alpha value is -1.94. The maximum Gasteiger partial charge on any atom is 0.472 e. The van der Waals surface area contributed by atoms with Gasteiger partial charge in [-0.2, -0.15) is 0 Å². The number of hydrogen-bond donors (Lipinski definition) is 3.